The summed E-state index contributed by atoms with van der Waals surface area (Å²) >= 11 is 0. The molecule has 0 aliphatic carbocycles. The lowest BCUT2D eigenvalue weighted by molar-refractivity contribution is 0.143. The largest absolute Gasteiger partial charge is 0.378 e. The van der Waals surface area contributed by atoms with Gasteiger partial charge in [0.1, 0.15) is 5.60 Å². The van der Waals surface area contributed by atoms with Crippen molar-refractivity contribution in [1.82, 2.24) is 0 Å². The quantitative estimate of drug-likeness (QED) is 0.698. The van der Waals surface area contributed by atoms with E-state index in [1.807, 2.05) is 0 Å². The average Bonchev–Trinajstić information content (AvgIpc) is 2.13. The molecular formula is C11H13NO3S. The standard InChI is InChI=1S/C11H13NO3S/c1-11(2,13)8-7-9-3-5-10(6-4-9)16(12,14)15/h3-6,13H,1-2H3,(H2,12,14,15). The van der Waals surface area contributed by atoms with E-state index in [4.69, 9.17) is 5.14 Å². The fourth-order valence-corrected chi connectivity index (χ4v) is 1.47. The Balaban J connectivity index is 3.00. The van der Waals surface area contributed by atoms with Crippen LogP contribution in [0.5, 0.6) is 0 Å². The molecule has 0 fully saturated rings. The maximum atomic E-state index is 11.0. The maximum Gasteiger partial charge on any atom is 0.238 e. The second-order valence-corrected chi connectivity index (χ2v) is 5.44. The van der Waals surface area contributed by atoms with Crippen molar-refractivity contribution in [3.63, 3.8) is 0 Å². The minimum Gasteiger partial charge on any atom is -0.378 e. The summed E-state index contributed by atoms with van der Waals surface area (Å²) in [6.07, 6.45) is 0. The molecule has 0 aromatic heterocycles. The summed E-state index contributed by atoms with van der Waals surface area (Å²) in [6.45, 7) is 3.14. The van der Waals surface area contributed by atoms with E-state index in [1.165, 1.54) is 12.1 Å². The summed E-state index contributed by atoms with van der Waals surface area (Å²) in [6, 6.07) is 5.84. The topological polar surface area (TPSA) is 80.4 Å². The fraction of sp³-hybridized carbons (Fsp3) is 0.273. The second kappa shape index (κ2) is 4.26. The summed E-state index contributed by atoms with van der Waals surface area (Å²) in [5.74, 6) is 5.35. The van der Waals surface area contributed by atoms with Crippen molar-refractivity contribution in [1.29, 1.82) is 0 Å². The van der Waals surface area contributed by atoms with Gasteiger partial charge in [0, 0.05) is 5.56 Å². The molecule has 0 radical (unpaired) electrons. The molecule has 0 atom stereocenters. The van der Waals surface area contributed by atoms with Crippen molar-refractivity contribution < 1.29 is 13.5 Å². The summed E-state index contributed by atoms with van der Waals surface area (Å²) in [4.78, 5) is 0.0429. The Bertz CT molecular complexity index is 527. The highest BCUT2D eigenvalue weighted by Gasteiger charge is 2.07. The average molecular weight is 239 g/mol. The third-order valence-corrected chi connectivity index (χ3v) is 2.62. The minimum absolute atomic E-state index is 0.0429. The van der Waals surface area contributed by atoms with Crippen molar-refractivity contribution >= 4 is 10.0 Å². The van der Waals surface area contributed by atoms with E-state index < -0.39 is 15.6 Å². The molecule has 16 heavy (non-hydrogen) atoms. The predicted molar refractivity (Wildman–Crippen MR) is 61.0 cm³/mol. The van der Waals surface area contributed by atoms with Crippen molar-refractivity contribution in [3.05, 3.63) is 29.8 Å². The Kier molecular flexibility index (Phi) is 3.38. The number of rotatable bonds is 1. The van der Waals surface area contributed by atoms with Crippen LogP contribution in [0.15, 0.2) is 29.2 Å². The number of primary sulfonamides is 1. The lowest BCUT2D eigenvalue weighted by Crippen LogP contribution is -2.14. The Morgan fingerprint density at radius 1 is 1.25 bits per heavy atom. The molecule has 5 heteroatoms. The molecule has 0 bridgehead atoms. The predicted octanol–water partition coefficient (Wildman–Crippen LogP) is 0.456. The Morgan fingerprint density at radius 2 is 1.75 bits per heavy atom. The van der Waals surface area contributed by atoms with Crippen LogP contribution in [0.3, 0.4) is 0 Å². The first-order chi connectivity index (χ1) is 7.18. The van der Waals surface area contributed by atoms with Crippen molar-refractivity contribution in [2.45, 2.75) is 24.3 Å². The molecule has 0 heterocycles. The lowest BCUT2D eigenvalue weighted by atomic mass is 10.1. The minimum atomic E-state index is -3.66. The zero-order valence-electron chi connectivity index (χ0n) is 9.06. The van der Waals surface area contributed by atoms with Gasteiger partial charge < -0.3 is 5.11 Å². The molecule has 4 nitrogen and oxygen atoms in total. The molecule has 0 saturated heterocycles. The smallest absolute Gasteiger partial charge is 0.238 e. The van der Waals surface area contributed by atoms with Gasteiger partial charge in [0.05, 0.1) is 4.90 Å². The highest BCUT2D eigenvalue weighted by atomic mass is 32.2. The number of hydrogen-bond donors (Lipinski definition) is 2. The van der Waals surface area contributed by atoms with Crippen LogP contribution in [0.2, 0.25) is 0 Å². The van der Waals surface area contributed by atoms with Gasteiger partial charge in [-0.3, -0.25) is 0 Å². The first-order valence-electron chi connectivity index (χ1n) is 4.57. The molecule has 86 valence electrons. The Morgan fingerprint density at radius 3 is 2.12 bits per heavy atom. The molecule has 0 amide bonds. The van der Waals surface area contributed by atoms with Crippen molar-refractivity contribution in [2.75, 3.05) is 0 Å². The number of sulfonamides is 1. The van der Waals surface area contributed by atoms with E-state index in [0.717, 1.165) is 0 Å². The van der Waals surface area contributed by atoms with Crippen LogP contribution >= 0.6 is 0 Å². The van der Waals surface area contributed by atoms with Crippen LogP contribution in [0.1, 0.15) is 19.4 Å². The first-order valence-corrected chi connectivity index (χ1v) is 6.11. The highest BCUT2D eigenvalue weighted by Crippen LogP contribution is 2.08. The fourth-order valence-electron chi connectivity index (χ4n) is 0.953. The molecular weight excluding hydrogens is 226 g/mol. The SMILES string of the molecule is CC(C)(O)C#Cc1ccc(S(N)(=O)=O)cc1. The summed E-state index contributed by atoms with van der Waals surface area (Å²) in [5, 5.41) is 14.3. The monoisotopic (exact) mass is 239 g/mol. The van der Waals surface area contributed by atoms with E-state index in [1.54, 1.807) is 26.0 Å². The van der Waals surface area contributed by atoms with E-state index in [0.29, 0.717) is 5.56 Å². The molecule has 0 aliphatic rings. The molecule has 1 aromatic rings. The molecule has 0 saturated carbocycles. The first kappa shape index (κ1) is 12.7. The third-order valence-electron chi connectivity index (χ3n) is 1.70. The highest BCUT2D eigenvalue weighted by molar-refractivity contribution is 7.89. The van der Waals surface area contributed by atoms with Gasteiger partial charge in [-0.2, -0.15) is 0 Å². The van der Waals surface area contributed by atoms with Crippen LogP contribution in [0.4, 0.5) is 0 Å². The lowest BCUT2D eigenvalue weighted by Gasteiger charge is -2.05. The van der Waals surface area contributed by atoms with Crippen LogP contribution in [-0.4, -0.2) is 19.1 Å². The van der Waals surface area contributed by atoms with E-state index >= 15 is 0 Å². The van der Waals surface area contributed by atoms with Crippen LogP contribution in [0.25, 0.3) is 0 Å². The molecule has 0 spiro atoms. The van der Waals surface area contributed by atoms with Crippen LogP contribution < -0.4 is 5.14 Å². The molecule has 0 unspecified atom stereocenters. The molecule has 3 N–H and O–H groups in total. The van der Waals surface area contributed by atoms with Gasteiger partial charge in [-0.25, -0.2) is 13.6 Å². The third kappa shape index (κ3) is 4.03. The van der Waals surface area contributed by atoms with Crippen molar-refractivity contribution in [3.8, 4) is 11.8 Å². The van der Waals surface area contributed by atoms with E-state index in [9.17, 15) is 13.5 Å². The van der Waals surface area contributed by atoms with E-state index in [2.05, 4.69) is 11.8 Å². The summed E-state index contributed by atoms with van der Waals surface area (Å²) in [5.41, 5.74) is -0.451. The molecule has 0 aliphatic heterocycles. The van der Waals surface area contributed by atoms with Crippen LogP contribution in [-0.2, 0) is 10.0 Å². The van der Waals surface area contributed by atoms with E-state index in [-0.39, 0.29) is 4.90 Å². The van der Waals surface area contributed by atoms with Gasteiger partial charge in [0.2, 0.25) is 10.0 Å². The van der Waals surface area contributed by atoms with Gasteiger partial charge >= 0.3 is 0 Å². The van der Waals surface area contributed by atoms with Crippen molar-refractivity contribution in [2.24, 2.45) is 5.14 Å². The van der Waals surface area contributed by atoms with Crippen LogP contribution in [0, 0.1) is 11.8 Å². The Labute approximate surface area is 95.2 Å². The number of hydrogen-bond acceptors (Lipinski definition) is 3. The number of nitrogens with two attached hydrogens (primary N) is 1. The Hall–Kier alpha value is -1.35. The van der Waals surface area contributed by atoms with Gasteiger partial charge in [-0.1, -0.05) is 11.8 Å². The molecule has 1 rings (SSSR count). The van der Waals surface area contributed by atoms with Gasteiger partial charge in [0.25, 0.3) is 0 Å². The number of benzene rings is 1. The maximum absolute atomic E-state index is 11.0. The zero-order chi connectivity index (χ0) is 12.4. The van der Waals surface area contributed by atoms with Gasteiger partial charge in [-0.15, -0.1) is 0 Å². The second-order valence-electron chi connectivity index (χ2n) is 3.88. The number of aliphatic hydroxyl groups is 1. The summed E-state index contributed by atoms with van der Waals surface area (Å²) < 4.78 is 21.9. The summed E-state index contributed by atoms with van der Waals surface area (Å²) in [7, 11) is -3.66. The normalized spacial score (nSPS) is 11.8. The zero-order valence-corrected chi connectivity index (χ0v) is 9.88. The molecule has 1 aromatic carbocycles. The van der Waals surface area contributed by atoms with Gasteiger partial charge in [0.15, 0.2) is 0 Å². The van der Waals surface area contributed by atoms with Gasteiger partial charge in [-0.05, 0) is 38.1 Å².